The molecule has 0 aromatic rings. The van der Waals surface area contributed by atoms with Crippen LogP contribution in [-0.4, -0.2) is 31.6 Å². The summed E-state index contributed by atoms with van der Waals surface area (Å²) in [6.07, 6.45) is 2.02. The Morgan fingerprint density at radius 1 is 1.81 bits per heavy atom. The van der Waals surface area contributed by atoms with E-state index in [1.54, 1.807) is 6.08 Å². The SMILES string of the molecule is C=C[C@H]1CNC(=O)[C@H]1C[C@H](N)C(=O)OC.Cl. The molecule has 92 valence electrons. The molecule has 0 radical (unpaired) electrons. The van der Waals surface area contributed by atoms with E-state index in [9.17, 15) is 9.59 Å². The van der Waals surface area contributed by atoms with Crippen LogP contribution in [-0.2, 0) is 14.3 Å². The zero-order chi connectivity index (χ0) is 11.4. The summed E-state index contributed by atoms with van der Waals surface area (Å²) in [4.78, 5) is 22.5. The lowest BCUT2D eigenvalue weighted by molar-refractivity contribution is -0.142. The summed E-state index contributed by atoms with van der Waals surface area (Å²) in [6, 6.07) is -0.744. The predicted octanol–water partition coefficient (Wildman–Crippen LogP) is -0.153. The second kappa shape index (κ2) is 6.50. The summed E-state index contributed by atoms with van der Waals surface area (Å²) in [5, 5.41) is 2.72. The number of carbonyl (C=O) groups excluding carboxylic acids is 2. The van der Waals surface area contributed by atoms with Crippen LogP contribution in [0.25, 0.3) is 0 Å². The van der Waals surface area contributed by atoms with Crippen LogP contribution in [0.3, 0.4) is 0 Å². The molecule has 1 rings (SSSR count). The first-order chi connectivity index (χ1) is 7.10. The zero-order valence-electron chi connectivity index (χ0n) is 9.14. The van der Waals surface area contributed by atoms with E-state index in [1.165, 1.54) is 7.11 Å². The molecule has 0 saturated carbocycles. The molecule has 3 N–H and O–H groups in total. The lowest BCUT2D eigenvalue weighted by Crippen LogP contribution is -2.36. The minimum Gasteiger partial charge on any atom is -0.468 e. The monoisotopic (exact) mass is 248 g/mol. The van der Waals surface area contributed by atoms with Crippen molar-refractivity contribution in [1.82, 2.24) is 5.32 Å². The van der Waals surface area contributed by atoms with Crippen LogP contribution in [0, 0.1) is 11.8 Å². The van der Waals surface area contributed by atoms with Crippen molar-refractivity contribution in [3.63, 3.8) is 0 Å². The first-order valence-electron chi connectivity index (χ1n) is 4.83. The Kier molecular flexibility index (Phi) is 6.06. The molecule has 3 atom stereocenters. The van der Waals surface area contributed by atoms with Crippen molar-refractivity contribution in [2.24, 2.45) is 17.6 Å². The maximum absolute atomic E-state index is 11.4. The molecule has 1 aliphatic rings. The number of nitrogens with one attached hydrogen (secondary N) is 1. The number of esters is 1. The van der Waals surface area contributed by atoms with Gasteiger partial charge in [0.05, 0.1) is 7.11 Å². The van der Waals surface area contributed by atoms with Crippen molar-refractivity contribution < 1.29 is 14.3 Å². The molecular formula is C10H17ClN2O3. The van der Waals surface area contributed by atoms with E-state index >= 15 is 0 Å². The van der Waals surface area contributed by atoms with Crippen molar-refractivity contribution in [3.05, 3.63) is 12.7 Å². The molecule has 1 fully saturated rings. The molecule has 0 aromatic heterocycles. The molecule has 6 heteroatoms. The maximum Gasteiger partial charge on any atom is 0.322 e. The summed E-state index contributed by atoms with van der Waals surface area (Å²) in [5.74, 6) is -0.776. The molecule has 1 heterocycles. The van der Waals surface area contributed by atoms with E-state index in [1.807, 2.05) is 0 Å². The molecule has 1 amide bonds. The van der Waals surface area contributed by atoms with Gasteiger partial charge in [0.25, 0.3) is 0 Å². The van der Waals surface area contributed by atoms with Gasteiger partial charge < -0.3 is 15.8 Å². The Hall–Kier alpha value is -1.07. The van der Waals surface area contributed by atoms with Crippen molar-refractivity contribution in [2.75, 3.05) is 13.7 Å². The van der Waals surface area contributed by atoms with Gasteiger partial charge in [-0.15, -0.1) is 19.0 Å². The average Bonchev–Trinajstić information content (AvgIpc) is 2.59. The molecule has 1 aliphatic heterocycles. The van der Waals surface area contributed by atoms with Gasteiger partial charge in [-0.05, 0) is 6.42 Å². The second-order valence-corrected chi connectivity index (χ2v) is 3.62. The van der Waals surface area contributed by atoms with Crippen LogP contribution in [0.5, 0.6) is 0 Å². The first-order valence-corrected chi connectivity index (χ1v) is 4.83. The number of methoxy groups -OCH3 is 1. The largest absolute Gasteiger partial charge is 0.468 e. The van der Waals surface area contributed by atoms with Crippen LogP contribution in [0.15, 0.2) is 12.7 Å². The van der Waals surface area contributed by atoms with Gasteiger partial charge in [0.2, 0.25) is 5.91 Å². The normalized spacial score (nSPS) is 25.2. The standard InChI is InChI=1S/C10H16N2O3.ClH/c1-3-6-5-12-9(13)7(6)4-8(11)10(14)15-2;/h3,6-8H,1,4-5,11H2,2H3,(H,12,13);1H/t6-,7-,8-;/m0./s1. The highest BCUT2D eigenvalue weighted by atomic mass is 35.5. The van der Waals surface area contributed by atoms with E-state index in [0.29, 0.717) is 13.0 Å². The van der Waals surface area contributed by atoms with Crippen molar-refractivity contribution in [2.45, 2.75) is 12.5 Å². The molecule has 1 saturated heterocycles. The molecule has 0 aliphatic carbocycles. The zero-order valence-corrected chi connectivity index (χ0v) is 9.96. The number of hydrogen-bond acceptors (Lipinski definition) is 4. The first kappa shape index (κ1) is 14.9. The summed E-state index contributed by atoms with van der Waals surface area (Å²) in [7, 11) is 1.28. The third kappa shape index (κ3) is 3.21. The van der Waals surface area contributed by atoms with Crippen molar-refractivity contribution in [3.8, 4) is 0 Å². The summed E-state index contributed by atoms with van der Waals surface area (Å²) < 4.78 is 4.50. The topological polar surface area (TPSA) is 81.4 Å². The van der Waals surface area contributed by atoms with Gasteiger partial charge in [-0.3, -0.25) is 9.59 Å². The lowest BCUT2D eigenvalue weighted by atomic mass is 9.89. The van der Waals surface area contributed by atoms with Gasteiger partial charge in [-0.1, -0.05) is 6.08 Å². The van der Waals surface area contributed by atoms with E-state index in [4.69, 9.17) is 5.73 Å². The molecular weight excluding hydrogens is 232 g/mol. The highest BCUT2D eigenvalue weighted by Gasteiger charge is 2.35. The highest BCUT2D eigenvalue weighted by molar-refractivity contribution is 5.85. The van der Waals surface area contributed by atoms with Gasteiger partial charge in [0.1, 0.15) is 6.04 Å². The van der Waals surface area contributed by atoms with Crippen LogP contribution in [0.2, 0.25) is 0 Å². The minimum atomic E-state index is -0.744. The van der Waals surface area contributed by atoms with Crippen molar-refractivity contribution in [1.29, 1.82) is 0 Å². The Balaban J connectivity index is 0.00000225. The fourth-order valence-corrected chi connectivity index (χ4v) is 1.74. The fraction of sp³-hybridized carbons (Fsp3) is 0.600. The number of halogens is 1. The van der Waals surface area contributed by atoms with Gasteiger partial charge in [0, 0.05) is 18.4 Å². The number of carbonyl (C=O) groups is 2. The molecule has 0 spiro atoms. The van der Waals surface area contributed by atoms with Crippen LogP contribution >= 0.6 is 12.4 Å². The number of nitrogens with two attached hydrogens (primary N) is 1. The third-order valence-corrected chi connectivity index (χ3v) is 2.68. The average molecular weight is 249 g/mol. The van der Waals surface area contributed by atoms with E-state index in [0.717, 1.165) is 0 Å². The maximum atomic E-state index is 11.4. The number of ether oxygens (including phenoxy) is 1. The van der Waals surface area contributed by atoms with Crippen molar-refractivity contribution >= 4 is 24.3 Å². The third-order valence-electron chi connectivity index (χ3n) is 2.68. The van der Waals surface area contributed by atoms with Gasteiger partial charge in [0.15, 0.2) is 0 Å². The Labute approximate surface area is 101 Å². The predicted molar refractivity (Wildman–Crippen MR) is 62.0 cm³/mol. The van der Waals surface area contributed by atoms with E-state index in [2.05, 4.69) is 16.6 Å². The highest BCUT2D eigenvalue weighted by Crippen LogP contribution is 2.23. The number of amides is 1. The van der Waals surface area contributed by atoms with E-state index < -0.39 is 12.0 Å². The summed E-state index contributed by atoms with van der Waals surface area (Å²) >= 11 is 0. The van der Waals surface area contributed by atoms with Crippen LogP contribution < -0.4 is 11.1 Å². The van der Waals surface area contributed by atoms with Gasteiger partial charge in [-0.25, -0.2) is 0 Å². The Morgan fingerprint density at radius 3 is 2.94 bits per heavy atom. The molecule has 0 aromatic carbocycles. The molecule has 16 heavy (non-hydrogen) atoms. The van der Waals surface area contributed by atoms with Crippen LogP contribution in [0.1, 0.15) is 6.42 Å². The van der Waals surface area contributed by atoms with Gasteiger partial charge >= 0.3 is 5.97 Å². The molecule has 5 nitrogen and oxygen atoms in total. The summed E-state index contributed by atoms with van der Waals surface area (Å²) in [6.45, 7) is 4.22. The second-order valence-electron chi connectivity index (χ2n) is 3.62. The van der Waals surface area contributed by atoms with Gasteiger partial charge in [-0.2, -0.15) is 0 Å². The lowest BCUT2D eigenvalue weighted by Gasteiger charge is -2.16. The van der Waals surface area contributed by atoms with Crippen LogP contribution in [0.4, 0.5) is 0 Å². The summed E-state index contributed by atoms with van der Waals surface area (Å²) in [5.41, 5.74) is 5.60. The molecule has 0 bridgehead atoms. The quantitative estimate of drug-likeness (QED) is 0.535. The Morgan fingerprint density at radius 2 is 2.44 bits per heavy atom. The Bertz CT molecular complexity index is 283. The van der Waals surface area contributed by atoms with E-state index in [-0.39, 0.29) is 30.2 Å². The molecule has 0 unspecified atom stereocenters. The number of rotatable bonds is 4. The minimum absolute atomic E-state index is 0. The smallest absolute Gasteiger partial charge is 0.322 e. The number of hydrogen-bond donors (Lipinski definition) is 2. The fourth-order valence-electron chi connectivity index (χ4n) is 1.74.